The van der Waals surface area contributed by atoms with Crippen molar-refractivity contribution in [3.63, 3.8) is 0 Å². The summed E-state index contributed by atoms with van der Waals surface area (Å²) in [5, 5.41) is 20.5. The molecule has 0 aromatic heterocycles. The van der Waals surface area contributed by atoms with Crippen LogP contribution in [0.15, 0.2) is 46.2 Å². The SMILES string of the molecule is Cc1ccc(NS(=O)(=O)c2ccc(O)c([N+](=O)[O-])c2)cc1S(=O)(=O)N1CCCCC1. The number of benzene rings is 2. The lowest BCUT2D eigenvalue weighted by Gasteiger charge is -2.26. The van der Waals surface area contributed by atoms with Crippen molar-refractivity contribution in [3.8, 4) is 5.75 Å². The number of nitro groups is 1. The molecule has 2 N–H and O–H groups in total. The van der Waals surface area contributed by atoms with E-state index in [1.165, 1.54) is 22.5 Å². The smallest absolute Gasteiger partial charge is 0.312 e. The molecule has 0 unspecified atom stereocenters. The van der Waals surface area contributed by atoms with Crippen molar-refractivity contribution in [2.24, 2.45) is 0 Å². The van der Waals surface area contributed by atoms with Crippen LogP contribution in [-0.2, 0) is 20.0 Å². The summed E-state index contributed by atoms with van der Waals surface area (Å²) in [5.74, 6) is -0.663. The van der Waals surface area contributed by atoms with E-state index in [1.54, 1.807) is 6.92 Å². The van der Waals surface area contributed by atoms with Gasteiger partial charge >= 0.3 is 5.69 Å². The molecule has 0 amide bonds. The van der Waals surface area contributed by atoms with E-state index >= 15 is 0 Å². The van der Waals surface area contributed by atoms with E-state index in [4.69, 9.17) is 0 Å². The number of anilines is 1. The van der Waals surface area contributed by atoms with Crippen LogP contribution in [0.25, 0.3) is 0 Å². The molecule has 1 aliphatic rings. The minimum Gasteiger partial charge on any atom is -0.502 e. The predicted molar refractivity (Wildman–Crippen MR) is 109 cm³/mol. The Morgan fingerprint density at radius 2 is 1.70 bits per heavy atom. The van der Waals surface area contributed by atoms with Crippen molar-refractivity contribution in [1.29, 1.82) is 0 Å². The highest BCUT2D eigenvalue weighted by atomic mass is 32.2. The number of nitrogens with zero attached hydrogens (tertiary/aromatic N) is 2. The molecule has 1 saturated heterocycles. The second-order valence-electron chi connectivity index (χ2n) is 6.96. The van der Waals surface area contributed by atoms with E-state index in [-0.39, 0.29) is 10.6 Å². The Bertz CT molecular complexity index is 1190. The van der Waals surface area contributed by atoms with Crippen molar-refractivity contribution < 1.29 is 26.9 Å². The molecule has 0 saturated carbocycles. The first-order chi connectivity index (χ1) is 14.0. The van der Waals surface area contributed by atoms with Crippen molar-refractivity contribution in [3.05, 3.63) is 52.1 Å². The number of nitro benzene ring substituents is 1. The highest BCUT2D eigenvalue weighted by Gasteiger charge is 2.28. The summed E-state index contributed by atoms with van der Waals surface area (Å²) in [6.45, 7) is 2.45. The molecular weight excluding hydrogens is 434 g/mol. The van der Waals surface area contributed by atoms with E-state index in [2.05, 4.69) is 4.72 Å². The Balaban J connectivity index is 1.95. The quantitative estimate of drug-likeness (QED) is 0.502. The molecule has 2 aromatic carbocycles. The number of aryl methyl sites for hydroxylation is 1. The summed E-state index contributed by atoms with van der Waals surface area (Å²) in [4.78, 5) is 9.63. The van der Waals surface area contributed by atoms with E-state index < -0.39 is 41.3 Å². The molecule has 0 atom stereocenters. The zero-order chi connectivity index (χ0) is 22.1. The number of hydrogen-bond donors (Lipinski definition) is 2. The van der Waals surface area contributed by atoms with Crippen LogP contribution in [0.5, 0.6) is 5.75 Å². The molecule has 30 heavy (non-hydrogen) atoms. The van der Waals surface area contributed by atoms with Gasteiger partial charge in [-0.25, -0.2) is 16.8 Å². The summed E-state index contributed by atoms with van der Waals surface area (Å²) in [7, 11) is -8.04. The highest BCUT2D eigenvalue weighted by Crippen LogP contribution is 2.30. The largest absolute Gasteiger partial charge is 0.502 e. The minimum atomic E-state index is -4.26. The molecule has 162 valence electrons. The second-order valence-corrected chi connectivity index (χ2v) is 10.5. The fraction of sp³-hybridized carbons (Fsp3) is 0.333. The second kappa shape index (κ2) is 8.20. The molecular formula is C18H21N3O7S2. The van der Waals surface area contributed by atoms with Crippen LogP contribution in [-0.4, -0.2) is 44.3 Å². The fourth-order valence-electron chi connectivity index (χ4n) is 3.22. The summed E-state index contributed by atoms with van der Waals surface area (Å²) in [5.41, 5.74) is -0.272. The van der Waals surface area contributed by atoms with Crippen LogP contribution in [0.2, 0.25) is 0 Å². The van der Waals surface area contributed by atoms with Gasteiger partial charge in [0.25, 0.3) is 10.0 Å². The van der Waals surface area contributed by atoms with Gasteiger partial charge in [0, 0.05) is 19.2 Å². The first-order valence-electron chi connectivity index (χ1n) is 9.13. The lowest BCUT2D eigenvalue weighted by atomic mass is 10.2. The lowest BCUT2D eigenvalue weighted by Crippen LogP contribution is -2.36. The van der Waals surface area contributed by atoms with Crippen LogP contribution in [0.3, 0.4) is 0 Å². The van der Waals surface area contributed by atoms with E-state index in [0.29, 0.717) is 18.7 Å². The molecule has 1 aliphatic heterocycles. The monoisotopic (exact) mass is 455 g/mol. The lowest BCUT2D eigenvalue weighted by molar-refractivity contribution is -0.386. The highest BCUT2D eigenvalue weighted by molar-refractivity contribution is 7.92. The first-order valence-corrected chi connectivity index (χ1v) is 12.1. The zero-order valence-corrected chi connectivity index (χ0v) is 17.7. The van der Waals surface area contributed by atoms with Gasteiger partial charge in [-0.2, -0.15) is 4.31 Å². The van der Waals surface area contributed by atoms with Gasteiger partial charge in [0.05, 0.1) is 20.4 Å². The van der Waals surface area contributed by atoms with E-state index in [1.807, 2.05) is 0 Å². The maximum atomic E-state index is 13.0. The third-order valence-electron chi connectivity index (χ3n) is 4.83. The Kier molecular flexibility index (Phi) is 6.01. The third-order valence-corrected chi connectivity index (χ3v) is 8.25. The van der Waals surface area contributed by atoms with Crippen LogP contribution in [0, 0.1) is 17.0 Å². The summed E-state index contributed by atoms with van der Waals surface area (Å²) >= 11 is 0. The normalized spacial score (nSPS) is 15.6. The number of nitrogens with one attached hydrogen (secondary N) is 1. The van der Waals surface area contributed by atoms with Gasteiger partial charge < -0.3 is 5.11 Å². The van der Waals surface area contributed by atoms with Crippen LogP contribution in [0.4, 0.5) is 11.4 Å². The molecule has 1 heterocycles. The number of hydrogen-bond acceptors (Lipinski definition) is 7. The van der Waals surface area contributed by atoms with Gasteiger partial charge in [0.15, 0.2) is 5.75 Å². The van der Waals surface area contributed by atoms with Gasteiger partial charge in [-0.1, -0.05) is 12.5 Å². The van der Waals surface area contributed by atoms with Gasteiger partial charge in [-0.05, 0) is 49.6 Å². The number of rotatable bonds is 6. The number of aromatic hydroxyl groups is 1. The van der Waals surface area contributed by atoms with Gasteiger partial charge in [0.2, 0.25) is 10.0 Å². The Morgan fingerprint density at radius 1 is 1.03 bits per heavy atom. The maximum absolute atomic E-state index is 13.0. The average molecular weight is 456 g/mol. The maximum Gasteiger partial charge on any atom is 0.312 e. The summed E-state index contributed by atoms with van der Waals surface area (Å²) < 4.78 is 55.0. The Labute approximate surface area is 174 Å². The van der Waals surface area contributed by atoms with E-state index in [9.17, 15) is 32.1 Å². The molecule has 1 fully saturated rings. The Hall–Kier alpha value is -2.70. The molecule has 0 radical (unpaired) electrons. The van der Waals surface area contributed by atoms with Crippen molar-refractivity contribution >= 4 is 31.4 Å². The molecule has 12 heteroatoms. The predicted octanol–water partition coefficient (Wildman–Crippen LogP) is 2.58. The molecule has 0 bridgehead atoms. The zero-order valence-electron chi connectivity index (χ0n) is 16.1. The number of sulfonamides is 2. The van der Waals surface area contributed by atoms with Crippen LogP contribution >= 0.6 is 0 Å². The standard InChI is InChI=1S/C18H21N3O7S2/c1-13-5-6-14(11-18(13)30(27,28)20-9-3-2-4-10-20)19-29(25,26)15-7-8-17(22)16(12-15)21(23)24/h5-8,11-12,19,22H,2-4,9-10H2,1H3. The van der Waals surface area contributed by atoms with Crippen molar-refractivity contribution in [2.45, 2.75) is 36.0 Å². The van der Waals surface area contributed by atoms with Gasteiger partial charge in [0.1, 0.15) is 0 Å². The fourth-order valence-corrected chi connectivity index (χ4v) is 6.05. The average Bonchev–Trinajstić information content (AvgIpc) is 2.69. The van der Waals surface area contributed by atoms with Gasteiger partial charge in [-0.15, -0.1) is 0 Å². The third kappa shape index (κ3) is 4.40. The topological polar surface area (TPSA) is 147 Å². The Morgan fingerprint density at radius 3 is 2.33 bits per heavy atom. The van der Waals surface area contributed by atoms with Crippen molar-refractivity contribution in [2.75, 3.05) is 17.8 Å². The van der Waals surface area contributed by atoms with Gasteiger partial charge in [-0.3, -0.25) is 14.8 Å². The molecule has 10 nitrogen and oxygen atoms in total. The summed E-state index contributed by atoms with van der Waals surface area (Å²) in [6.07, 6.45) is 2.50. The minimum absolute atomic E-state index is 0.00119. The van der Waals surface area contributed by atoms with E-state index in [0.717, 1.165) is 37.5 Å². The first kappa shape index (κ1) is 22.0. The molecule has 2 aromatic rings. The number of phenolic OH excluding ortho intramolecular Hbond substituents is 1. The molecule has 0 aliphatic carbocycles. The van der Waals surface area contributed by atoms with Crippen molar-refractivity contribution in [1.82, 2.24) is 4.31 Å². The summed E-state index contributed by atoms with van der Waals surface area (Å²) in [6, 6.07) is 6.81. The molecule has 0 spiro atoms. The number of phenols is 1. The molecule has 3 rings (SSSR count). The van der Waals surface area contributed by atoms with Crippen LogP contribution < -0.4 is 4.72 Å². The van der Waals surface area contributed by atoms with Crippen LogP contribution in [0.1, 0.15) is 24.8 Å². The number of piperidine rings is 1.